The van der Waals surface area contributed by atoms with E-state index in [1.54, 1.807) is 0 Å². The van der Waals surface area contributed by atoms with Gasteiger partial charge in [0.25, 0.3) is 0 Å². The summed E-state index contributed by atoms with van der Waals surface area (Å²) in [5.74, 6) is -0.415. The maximum atomic E-state index is 12.8. The second-order valence-electron chi connectivity index (χ2n) is 18.5. The highest BCUT2D eigenvalue weighted by molar-refractivity contribution is 5.70. The molecule has 0 fully saturated rings. The molecule has 0 aliphatic heterocycles. The Kier molecular flexibility index (Phi) is 52.9. The van der Waals surface area contributed by atoms with Crippen LogP contribution >= 0.6 is 0 Å². The Hall–Kier alpha value is -2.40. The van der Waals surface area contributed by atoms with Crippen molar-refractivity contribution in [2.75, 3.05) is 19.8 Å². The van der Waals surface area contributed by atoms with Crippen molar-refractivity contribution in [3.05, 3.63) is 60.8 Å². The first-order valence-corrected chi connectivity index (χ1v) is 27.8. The van der Waals surface area contributed by atoms with E-state index in [4.69, 9.17) is 14.2 Å². The van der Waals surface area contributed by atoms with Crippen LogP contribution in [0.5, 0.6) is 0 Å². The topological polar surface area (TPSA) is 61.8 Å². The Morgan fingerprint density at radius 2 is 0.703 bits per heavy atom. The number of esters is 2. The lowest BCUT2D eigenvalue weighted by molar-refractivity contribution is -0.163. The Balaban J connectivity index is 4.28. The lowest BCUT2D eigenvalue weighted by atomic mass is 10.0. The summed E-state index contributed by atoms with van der Waals surface area (Å²) in [6.07, 6.45) is 69.5. The third kappa shape index (κ3) is 52.2. The number of ether oxygens (including phenoxy) is 3. The van der Waals surface area contributed by atoms with Crippen LogP contribution in [0.15, 0.2) is 60.8 Å². The summed E-state index contributed by atoms with van der Waals surface area (Å²) in [6.45, 7) is 7.71. The molecule has 372 valence electrons. The zero-order chi connectivity index (χ0) is 46.3. The van der Waals surface area contributed by atoms with Gasteiger partial charge in [0.15, 0.2) is 6.10 Å². The minimum Gasteiger partial charge on any atom is -0.462 e. The van der Waals surface area contributed by atoms with E-state index in [1.807, 2.05) is 0 Å². The van der Waals surface area contributed by atoms with E-state index in [1.165, 1.54) is 161 Å². The maximum Gasteiger partial charge on any atom is 0.306 e. The molecule has 1 atom stereocenters. The molecule has 64 heavy (non-hydrogen) atoms. The standard InChI is InChI=1S/C59H106O5/c1-4-7-10-13-16-19-22-25-27-29-31-33-36-39-42-45-48-51-54-62-55-57(64-59(61)53-50-47-44-41-38-34-24-21-18-15-12-9-6-3)56-63-58(60)52-49-46-43-40-37-35-32-30-28-26-23-20-17-14-11-8-5-2/h8,11,17,20,25-28,32,35,57H,4-7,9-10,12-16,18-19,21-24,29-31,33-34,36-56H2,1-3H3/b11-8-,20-17-,27-25-,28-26-,35-32-. The van der Waals surface area contributed by atoms with Crippen LogP contribution in [0.1, 0.15) is 278 Å². The molecule has 0 aromatic heterocycles. The van der Waals surface area contributed by atoms with Crippen LogP contribution in [-0.4, -0.2) is 37.9 Å². The predicted molar refractivity (Wildman–Crippen MR) is 279 cm³/mol. The van der Waals surface area contributed by atoms with Crippen molar-refractivity contribution in [1.29, 1.82) is 0 Å². The van der Waals surface area contributed by atoms with Crippen LogP contribution in [-0.2, 0) is 23.8 Å². The molecule has 0 rings (SSSR count). The van der Waals surface area contributed by atoms with Crippen LogP contribution in [0, 0.1) is 0 Å². The van der Waals surface area contributed by atoms with E-state index in [0.29, 0.717) is 19.4 Å². The Morgan fingerprint density at radius 1 is 0.359 bits per heavy atom. The molecule has 5 heteroatoms. The van der Waals surface area contributed by atoms with Gasteiger partial charge >= 0.3 is 11.9 Å². The molecule has 0 saturated carbocycles. The molecule has 0 bridgehead atoms. The highest BCUT2D eigenvalue weighted by Gasteiger charge is 2.17. The van der Waals surface area contributed by atoms with Crippen molar-refractivity contribution < 1.29 is 23.8 Å². The molecule has 0 radical (unpaired) electrons. The minimum atomic E-state index is -0.546. The summed E-state index contributed by atoms with van der Waals surface area (Å²) in [5.41, 5.74) is 0. The fourth-order valence-electron chi connectivity index (χ4n) is 7.91. The molecule has 5 nitrogen and oxygen atoms in total. The lowest BCUT2D eigenvalue weighted by Gasteiger charge is -2.18. The van der Waals surface area contributed by atoms with E-state index in [2.05, 4.69) is 81.5 Å². The van der Waals surface area contributed by atoms with E-state index < -0.39 is 6.10 Å². The van der Waals surface area contributed by atoms with Gasteiger partial charge in [-0.3, -0.25) is 9.59 Å². The molecule has 0 saturated heterocycles. The minimum absolute atomic E-state index is 0.0733. The molecule has 0 N–H and O–H groups in total. The second-order valence-corrected chi connectivity index (χ2v) is 18.5. The van der Waals surface area contributed by atoms with Gasteiger partial charge in [0.1, 0.15) is 6.61 Å². The molecule has 0 spiro atoms. The van der Waals surface area contributed by atoms with Crippen molar-refractivity contribution in [3.63, 3.8) is 0 Å². The quantitative estimate of drug-likeness (QED) is 0.0346. The first kappa shape index (κ1) is 61.6. The van der Waals surface area contributed by atoms with Gasteiger partial charge in [-0.15, -0.1) is 0 Å². The van der Waals surface area contributed by atoms with Gasteiger partial charge < -0.3 is 14.2 Å². The van der Waals surface area contributed by atoms with E-state index in [-0.39, 0.29) is 25.2 Å². The number of carbonyl (C=O) groups is 2. The average Bonchev–Trinajstić information content (AvgIpc) is 3.30. The Morgan fingerprint density at radius 3 is 1.14 bits per heavy atom. The van der Waals surface area contributed by atoms with Crippen LogP contribution in [0.25, 0.3) is 0 Å². The molecular formula is C59H106O5. The summed E-state index contributed by atoms with van der Waals surface area (Å²) < 4.78 is 17.4. The summed E-state index contributed by atoms with van der Waals surface area (Å²) in [6, 6.07) is 0. The van der Waals surface area contributed by atoms with Gasteiger partial charge in [0, 0.05) is 19.4 Å². The van der Waals surface area contributed by atoms with Crippen LogP contribution in [0.3, 0.4) is 0 Å². The Labute approximate surface area is 398 Å². The molecule has 0 aromatic rings. The van der Waals surface area contributed by atoms with Gasteiger partial charge in [-0.05, 0) is 83.5 Å². The zero-order valence-corrected chi connectivity index (χ0v) is 42.8. The second kappa shape index (κ2) is 54.9. The molecule has 0 amide bonds. The van der Waals surface area contributed by atoms with Crippen LogP contribution in [0.4, 0.5) is 0 Å². The largest absolute Gasteiger partial charge is 0.462 e. The zero-order valence-electron chi connectivity index (χ0n) is 42.8. The molecule has 1 unspecified atom stereocenters. The number of hydrogen-bond donors (Lipinski definition) is 0. The monoisotopic (exact) mass is 895 g/mol. The van der Waals surface area contributed by atoms with Gasteiger partial charge in [-0.2, -0.15) is 0 Å². The summed E-state index contributed by atoms with van der Waals surface area (Å²) in [4.78, 5) is 25.4. The van der Waals surface area contributed by atoms with Crippen molar-refractivity contribution in [2.45, 2.75) is 284 Å². The summed E-state index contributed by atoms with van der Waals surface area (Å²) in [7, 11) is 0. The van der Waals surface area contributed by atoms with Crippen molar-refractivity contribution in [1.82, 2.24) is 0 Å². The number of rotatable bonds is 51. The van der Waals surface area contributed by atoms with Gasteiger partial charge in [-0.25, -0.2) is 0 Å². The lowest BCUT2D eigenvalue weighted by Crippen LogP contribution is -2.30. The summed E-state index contributed by atoms with van der Waals surface area (Å²) in [5, 5.41) is 0. The van der Waals surface area contributed by atoms with Gasteiger partial charge in [-0.1, -0.05) is 242 Å². The SMILES string of the molecule is CC/C=C\C/C=C\C/C=C\C/C=C\CCCCCCC(=O)OCC(COCCCCCCCCCC/C=C\CCCCCCCC)OC(=O)CCCCCCCCCCCCCCC. The fourth-order valence-corrected chi connectivity index (χ4v) is 7.91. The van der Waals surface area contributed by atoms with E-state index in [9.17, 15) is 9.59 Å². The van der Waals surface area contributed by atoms with E-state index in [0.717, 1.165) is 83.5 Å². The third-order valence-corrected chi connectivity index (χ3v) is 12.0. The van der Waals surface area contributed by atoms with Crippen molar-refractivity contribution in [2.24, 2.45) is 0 Å². The molecule has 0 aromatic carbocycles. The first-order chi connectivity index (χ1) is 31.6. The number of carbonyl (C=O) groups excluding carboxylic acids is 2. The molecule has 0 aliphatic carbocycles. The van der Waals surface area contributed by atoms with Gasteiger partial charge in [0.05, 0.1) is 6.61 Å². The van der Waals surface area contributed by atoms with Crippen molar-refractivity contribution in [3.8, 4) is 0 Å². The van der Waals surface area contributed by atoms with E-state index >= 15 is 0 Å². The predicted octanol–water partition coefficient (Wildman–Crippen LogP) is 18.9. The molecule has 0 heterocycles. The third-order valence-electron chi connectivity index (χ3n) is 12.0. The van der Waals surface area contributed by atoms with Crippen LogP contribution < -0.4 is 0 Å². The molecule has 0 aliphatic rings. The fraction of sp³-hybridized carbons (Fsp3) is 0.797. The number of allylic oxidation sites excluding steroid dienone is 10. The maximum absolute atomic E-state index is 12.8. The normalized spacial score (nSPS) is 12.6. The highest BCUT2D eigenvalue weighted by Crippen LogP contribution is 2.15. The smallest absolute Gasteiger partial charge is 0.306 e. The number of unbranched alkanes of at least 4 members (excludes halogenated alkanes) is 30. The average molecular weight is 895 g/mol. The molecular weight excluding hydrogens is 789 g/mol. The van der Waals surface area contributed by atoms with Gasteiger partial charge in [0.2, 0.25) is 0 Å². The number of hydrogen-bond acceptors (Lipinski definition) is 5. The highest BCUT2D eigenvalue weighted by atomic mass is 16.6. The van der Waals surface area contributed by atoms with Crippen LogP contribution in [0.2, 0.25) is 0 Å². The first-order valence-electron chi connectivity index (χ1n) is 27.8. The van der Waals surface area contributed by atoms with Crippen molar-refractivity contribution >= 4 is 11.9 Å². The summed E-state index contributed by atoms with van der Waals surface area (Å²) >= 11 is 0. The Bertz CT molecular complexity index is 1100.